The number of rotatable bonds is 1. The number of aromatic nitrogens is 2. The molecule has 12 heavy (non-hydrogen) atoms. The van der Waals surface area contributed by atoms with Crippen LogP contribution >= 0.6 is 27.3 Å². The molecule has 0 aliphatic heterocycles. The van der Waals surface area contributed by atoms with E-state index in [1.807, 2.05) is 27.6 Å². The molecule has 0 bridgehead atoms. The molecule has 0 saturated carbocycles. The lowest BCUT2D eigenvalue weighted by atomic mass is 10.5. The quantitative estimate of drug-likeness (QED) is 0.836. The van der Waals surface area contributed by atoms with E-state index in [1.165, 1.54) is 0 Å². The Morgan fingerprint density at radius 1 is 1.58 bits per heavy atom. The second-order valence-corrected chi connectivity index (χ2v) is 3.87. The van der Waals surface area contributed by atoms with Gasteiger partial charge in [0.25, 0.3) is 0 Å². The van der Waals surface area contributed by atoms with Gasteiger partial charge in [0.05, 0.1) is 5.69 Å². The SMILES string of the molecule is Nc1nc(Br)cn1-c1ccsc1. The number of thiophene rings is 1. The summed E-state index contributed by atoms with van der Waals surface area (Å²) in [5, 5.41) is 4.02. The molecule has 0 fully saturated rings. The highest BCUT2D eigenvalue weighted by Crippen LogP contribution is 2.19. The fourth-order valence-corrected chi connectivity index (χ4v) is 1.98. The van der Waals surface area contributed by atoms with Gasteiger partial charge in [-0.3, -0.25) is 4.57 Å². The van der Waals surface area contributed by atoms with Crippen LogP contribution in [0.3, 0.4) is 0 Å². The monoisotopic (exact) mass is 243 g/mol. The van der Waals surface area contributed by atoms with Crippen LogP contribution in [0.25, 0.3) is 5.69 Å². The van der Waals surface area contributed by atoms with Crippen molar-refractivity contribution in [3.63, 3.8) is 0 Å². The largest absolute Gasteiger partial charge is 0.369 e. The molecule has 0 radical (unpaired) electrons. The van der Waals surface area contributed by atoms with Gasteiger partial charge in [-0.2, -0.15) is 11.3 Å². The van der Waals surface area contributed by atoms with Crippen molar-refractivity contribution >= 4 is 33.2 Å². The van der Waals surface area contributed by atoms with Gasteiger partial charge in [0.2, 0.25) is 5.95 Å². The van der Waals surface area contributed by atoms with Crippen LogP contribution in [0, 0.1) is 0 Å². The summed E-state index contributed by atoms with van der Waals surface area (Å²) in [5.41, 5.74) is 6.71. The Morgan fingerprint density at radius 2 is 2.42 bits per heavy atom. The maximum atomic E-state index is 5.66. The molecule has 0 atom stereocenters. The average molecular weight is 244 g/mol. The summed E-state index contributed by atoms with van der Waals surface area (Å²) in [6, 6.07) is 2.00. The molecule has 62 valence electrons. The summed E-state index contributed by atoms with van der Waals surface area (Å²) in [6.45, 7) is 0. The first-order valence-corrected chi connectivity index (χ1v) is 5.04. The molecule has 0 unspecified atom stereocenters. The molecule has 2 N–H and O–H groups in total. The summed E-state index contributed by atoms with van der Waals surface area (Å²) in [5.74, 6) is 0.500. The van der Waals surface area contributed by atoms with Crippen molar-refractivity contribution in [2.24, 2.45) is 0 Å². The second-order valence-electron chi connectivity index (χ2n) is 2.27. The van der Waals surface area contributed by atoms with E-state index in [4.69, 9.17) is 5.73 Å². The van der Waals surface area contributed by atoms with Gasteiger partial charge in [0, 0.05) is 11.6 Å². The lowest BCUT2D eigenvalue weighted by molar-refractivity contribution is 1.08. The summed E-state index contributed by atoms with van der Waals surface area (Å²) < 4.78 is 2.59. The third kappa shape index (κ3) is 1.25. The lowest BCUT2D eigenvalue weighted by Crippen LogP contribution is -1.97. The number of imidazole rings is 1. The van der Waals surface area contributed by atoms with Gasteiger partial charge in [-0.05, 0) is 27.4 Å². The Morgan fingerprint density at radius 3 is 2.92 bits per heavy atom. The van der Waals surface area contributed by atoms with Crippen LogP contribution in [0.4, 0.5) is 5.95 Å². The molecule has 0 saturated heterocycles. The van der Waals surface area contributed by atoms with Gasteiger partial charge in [-0.25, -0.2) is 4.98 Å². The maximum Gasteiger partial charge on any atom is 0.205 e. The molecule has 2 aromatic rings. The van der Waals surface area contributed by atoms with Crippen molar-refractivity contribution in [1.29, 1.82) is 0 Å². The third-order valence-electron chi connectivity index (χ3n) is 1.49. The van der Waals surface area contributed by atoms with E-state index < -0.39 is 0 Å². The van der Waals surface area contributed by atoms with Crippen molar-refractivity contribution in [2.45, 2.75) is 0 Å². The summed E-state index contributed by atoms with van der Waals surface area (Å²) in [4.78, 5) is 4.03. The lowest BCUT2D eigenvalue weighted by Gasteiger charge is -1.98. The van der Waals surface area contributed by atoms with Gasteiger partial charge >= 0.3 is 0 Å². The van der Waals surface area contributed by atoms with E-state index in [1.54, 1.807) is 11.3 Å². The van der Waals surface area contributed by atoms with Gasteiger partial charge in [0.1, 0.15) is 4.60 Å². The highest BCUT2D eigenvalue weighted by atomic mass is 79.9. The zero-order valence-electron chi connectivity index (χ0n) is 6.07. The Hall–Kier alpha value is -0.810. The summed E-state index contributed by atoms with van der Waals surface area (Å²) >= 11 is 4.89. The third-order valence-corrected chi connectivity index (χ3v) is 2.54. The molecule has 0 amide bonds. The molecule has 2 heterocycles. The van der Waals surface area contributed by atoms with Gasteiger partial charge in [0.15, 0.2) is 0 Å². The van der Waals surface area contributed by atoms with Crippen molar-refractivity contribution < 1.29 is 0 Å². The van der Waals surface area contributed by atoms with Crippen molar-refractivity contribution in [3.8, 4) is 5.69 Å². The Labute approximate surface area is 82.0 Å². The number of nitrogens with two attached hydrogens (primary N) is 1. The Kier molecular flexibility index (Phi) is 1.90. The zero-order valence-corrected chi connectivity index (χ0v) is 8.47. The fourth-order valence-electron chi connectivity index (χ4n) is 0.966. The van der Waals surface area contributed by atoms with Crippen LogP contribution in [0.1, 0.15) is 0 Å². The van der Waals surface area contributed by atoms with Crippen molar-refractivity contribution in [3.05, 3.63) is 27.6 Å². The zero-order chi connectivity index (χ0) is 8.55. The second kappa shape index (κ2) is 2.91. The highest BCUT2D eigenvalue weighted by molar-refractivity contribution is 9.10. The number of nitrogens with zero attached hydrogens (tertiary/aromatic N) is 2. The molecular weight excluding hydrogens is 238 g/mol. The van der Waals surface area contributed by atoms with Crippen LogP contribution < -0.4 is 5.73 Å². The summed E-state index contributed by atoms with van der Waals surface area (Å²) in [7, 11) is 0. The minimum absolute atomic E-state index is 0.500. The number of anilines is 1. The predicted molar refractivity (Wildman–Crippen MR) is 53.6 cm³/mol. The van der Waals surface area contributed by atoms with Crippen LogP contribution in [0.5, 0.6) is 0 Å². The van der Waals surface area contributed by atoms with E-state index in [9.17, 15) is 0 Å². The van der Waals surface area contributed by atoms with E-state index in [-0.39, 0.29) is 0 Å². The van der Waals surface area contributed by atoms with E-state index in [0.717, 1.165) is 10.3 Å². The molecular formula is C7H6BrN3S. The molecule has 0 aromatic carbocycles. The van der Waals surface area contributed by atoms with Crippen LogP contribution in [0.2, 0.25) is 0 Å². The van der Waals surface area contributed by atoms with Gasteiger partial charge in [-0.1, -0.05) is 0 Å². The highest BCUT2D eigenvalue weighted by Gasteiger charge is 2.03. The first kappa shape index (κ1) is 7.82. The molecule has 0 aliphatic rings. The smallest absolute Gasteiger partial charge is 0.205 e. The standard InChI is InChI=1S/C7H6BrN3S/c8-6-3-11(7(9)10-6)5-1-2-12-4-5/h1-4H,(H2,9,10). The maximum absolute atomic E-state index is 5.66. The first-order chi connectivity index (χ1) is 5.77. The van der Waals surface area contributed by atoms with Gasteiger partial charge < -0.3 is 5.73 Å². The molecule has 0 spiro atoms. The minimum Gasteiger partial charge on any atom is -0.369 e. The van der Waals surface area contributed by atoms with Gasteiger partial charge in [-0.15, -0.1) is 0 Å². The number of halogens is 1. The first-order valence-electron chi connectivity index (χ1n) is 3.30. The van der Waals surface area contributed by atoms with Crippen molar-refractivity contribution in [1.82, 2.24) is 9.55 Å². The number of hydrogen-bond donors (Lipinski definition) is 1. The normalized spacial score (nSPS) is 10.4. The van der Waals surface area contributed by atoms with E-state index >= 15 is 0 Å². The number of hydrogen-bond acceptors (Lipinski definition) is 3. The molecule has 0 aliphatic carbocycles. The van der Waals surface area contributed by atoms with Crippen LogP contribution in [-0.2, 0) is 0 Å². The number of nitrogen functional groups attached to an aromatic ring is 1. The van der Waals surface area contributed by atoms with E-state index in [2.05, 4.69) is 20.9 Å². The predicted octanol–water partition coefficient (Wildman–Crippen LogP) is 2.28. The van der Waals surface area contributed by atoms with E-state index in [0.29, 0.717) is 5.95 Å². The molecule has 2 rings (SSSR count). The molecule has 3 nitrogen and oxygen atoms in total. The fraction of sp³-hybridized carbons (Fsp3) is 0. The van der Waals surface area contributed by atoms with Crippen LogP contribution in [-0.4, -0.2) is 9.55 Å². The topological polar surface area (TPSA) is 43.8 Å². The Balaban J connectivity index is 2.54. The molecule has 2 aromatic heterocycles. The van der Waals surface area contributed by atoms with Crippen molar-refractivity contribution in [2.75, 3.05) is 5.73 Å². The van der Waals surface area contributed by atoms with Crippen LogP contribution in [0.15, 0.2) is 27.6 Å². The molecule has 5 heteroatoms. The Bertz CT molecular complexity index is 379. The average Bonchev–Trinajstić information content (AvgIpc) is 2.58. The summed E-state index contributed by atoms with van der Waals surface area (Å²) in [6.07, 6.45) is 1.84. The minimum atomic E-state index is 0.500.